The Balaban J connectivity index is 1.30. The van der Waals surface area contributed by atoms with Crippen molar-refractivity contribution in [2.45, 2.75) is 25.4 Å². The predicted molar refractivity (Wildman–Crippen MR) is 106 cm³/mol. The highest BCUT2D eigenvalue weighted by molar-refractivity contribution is 5.94. The molecule has 0 saturated carbocycles. The second kappa shape index (κ2) is 8.22. The highest BCUT2D eigenvalue weighted by atomic mass is 16.3. The Hall–Kier alpha value is -3.19. The summed E-state index contributed by atoms with van der Waals surface area (Å²) in [6.45, 7) is 2.72. The average molecular weight is 377 g/mol. The first-order chi connectivity index (χ1) is 13.7. The van der Waals surface area contributed by atoms with Gasteiger partial charge in [0.15, 0.2) is 0 Å². The van der Waals surface area contributed by atoms with Crippen molar-refractivity contribution in [2.24, 2.45) is 0 Å². The molecule has 1 fully saturated rings. The van der Waals surface area contributed by atoms with E-state index in [9.17, 15) is 4.79 Å². The van der Waals surface area contributed by atoms with E-state index in [1.54, 1.807) is 18.7 Å². The number of nitrogens with two attached hydrogens (primary N) is 1. The van der Waals surface area contributed by atoms with Crippen LogP contribution in [0.25, 0.3) is 11.1 Å². The van der Waals surface area contributed by atoms with E-state index in [-0.39, 0.29) is 17.9 Å². The van der Waals surface area contributed by atoms with E-state index >= 15 is 0 Å². The summed E-state index contributed by atoms with van der Waals surface area (Å²) in [5, 5.41) is 3.15. The van der Waals surface area contributed by atoms with Gasteiger partial charge in [0.1, 0.15) is 5.76 Å². The minimum Gasteiger partial charge on any atom is -0.468 e. The zero-order valence-corrected chi connectivity index (χ0v) is 15.5. The zero-order valence-electron chi connectivity index (χ0n) is 15.5. The first kappa shape index (κ1) is 18.2. The van der Waals surface area contributed by atoms with Crippen molar-refractivity contribution in [2.75, 3.05) is 18.8 Å². The molecular weight excluding hydrogens is 354 g/mol. The van der Waals surface area contributed by atoms with Gasteiger partial charge < -0.3 is 15.5 Å². The van der Waals surface area contributed by atoms with E-state index in [1.165, 1.54) is 0 Å². The molecule has 0 radical (unpaired) electrons. The predicted octanol–water partition coefficient (Wildman–Crippen LogP) is 2.71. The number of likely N-dealkylation sites (tertiary alicyclic amines) is 1. The molecule has 7 heteroatoms. The maximum absolute atomic E-state index is 12.6. The van der Waals surface area contributed by atoms with Gasteiger partial charge in [0, 0.05) is 42.7 Å². The van der Waals surface area contributed by atoms with E-state index in [0.29, 0.717) is 5.56 Å². The van der Waals surface area contributed by atoms with E-state index < -0.39 is 0 Å². The summed E-state index contributed by atoms with van der Waals surface area (Å²) >= 11 is 0. The number of piperidine rings is 1. The normalized spacial score (nSPS) is 15.4. The largest absolute Gasteiger partial charge is 0.468 e. The molecule has 0 bridgehead atoms. The lowest BCUT2D eigenvalue weighted by Gasteiger charge is -2.31. The van der Waals surface area contributed by atoms with Crippen LogP contribution in [0, 0.1) is 0 Å². The number of furan rings is 1. The average Bonchev–Trinajstić information content (AvgIpc) is 3.23. The molecule has 3 heterocycles. The SMILES string of the molecule is Nc1ncc(-c2ccc(C(=O)NC3CCN(Cc4ccco4)CC3)cc2)cn1. The van der Waals surface area contributed by atoms with Crippen LogP contribution >= 0.6 is 0 Å². The van der Waals surface area contributed by atoms with Gasteiger partial charge in [0.25, 0.3) is 5.91 Å². The number of aromatic nitrogens is 2. The van der Waals surface area contributed by atoms with Gasteiger partial charge in [-0.15, -0.1) is 0 Å². The summed E-state index contributed by atoms with van der Waals surface area (Å²) in [6, 6.07) is 11.6. The number of hydrogen-bond acceptors (Lipinski definition) is 6. The fraction of sp³-hybridized carbons (Fsp3) is 0.286. The van der Waals surface area contributed by atoms with Gasteiger partial charge in [-0.2, -0.15) is 0 Å². The number of rotatable bonds is 5. The molecule has 1 aromatic carbocycles. The highest BCUT2D eigenvalue weighted by Gasteiger charge is 2.21. The van der Waals surface area contributed by atoms with Gasteiger partial charge in [-0.25, -0.2) is 9.97 Å². The Kier molecular flexibility index (Phi) is 5.34. The van der Waals surface area contributed by atoms with Crippen LogP contribution in [0.1, 0.15) is 29.0 Å². The van der Waals surface area contributed by atoms with Gasteiger partial charge in [-0.05, 0) is 42.7 Å². The second-order valence-electron chi connectivity index (χ2n) is 7.01. The Morgan fingerprint density at radius 3 is 2.46 bits per heavy atom. The summed E-state index contributed by atoms with van der Waals surface area (Å²) in [5.74, 6) is 1.19. The van der Waals surface area contributed by atoms with Gasteiger partial charge in [-0.3, -0.25) is 9.69 Å². The molecule has 1 saturated heterocycles. The first-order valence-corrected chi connectivity index (χ1v) is 9.41. The molecule has 0 unspecified atom stereocenters. The van der Waals surface area contributed by atoms with Gasteiger partial charge in [0.05, 0.1) is 12.8 Å². The lowest BCUT2D eigenvalue weighted by molar-refractivity contribution is 0.0906. The molecule has 2 aromatic heterocycles. The van der Waals surface area contributed by atoms with Crippen molar-refractivity contribution in [3.63, 3.8) is 0 Å². The Bertz CT molecular complexity index is 899. The lowest BCUT2D eigenvalue weighted by atomic mass is 10.0. The van der Waals surface area contributed by atoms with Gasteiger partial charge >= 0.3 is 0 Å². The zero-order chi connectivity index (χ0) is 19.3. The van der Waals surface area contributed by atoms with E-state index in [2.05, 4.69) is 20.2 Å². The second-order valence-corrected chi connectivity index (χ2v) is 7.01. The summed E-state index contributed by atoms with van der Waals surface area (Å²) in [5.41, 5.74) is 7.98. The van der Waals surface area contributed by atoms with Gasteiger partial charge in [0.2, 0.25) is 5.95 Å². The molecule has 3 N–H and O–H groups in total. The van der Waals surface area contributed by atoms with E-state index in [1.807, 2.05) is 36.4 Å². The molecule has 0 aliphatic carbocycles. The molecule has 0 atom stereocenters. The maximum atomic E-state index is 12.6. The molecular formula is C21H23N5O2. The van der Waals surface area contributed by atoms with Crippen LogP contribution < -0.4 is 11.1 Å². The number of amides is 1. The molecule has 4 rings (SSSR count). The standard InChI is InChI=1S/C21H23N5O2/c22-21-23-12-17(13-24-21)15-3-5-16(6-4-15)20(27)25-18-7-9-26(10-8-18)14-19-2-1-11-28-19/h1-6,11-13,18H,7-10,14H2,(H,25,27)(H2,22,23,24). The third kappa shape index (κ3) is 4.37. The summed E-state index contributed by atoms with van der Waals surface area (Å²) in [4.78, 5) is 22.9. The first-order valence-electron chi connectivity index (χ1n) is 9.41. The molecule has 7 nitrogen and oxygen atoms in total. The van der Waals surface area contributed by atoms with Crippen LogP contribution in [0.2, 0.25) is 0 Å². The Morgan fingerprint density at radius 2 is 1.82 bits per heavy atom. The van der Waals surface area contributed by atoms with Gasteiger partial charge in [-0.1, -0.05) is 12.1 Å². The molecule has 0 spiro atoms. The van der Waals surface area contributed by atoms with Crippen LogP contribution in [0.5, 0.6) is 0 Å². The molecule has 1 amide bonds. The number of carbonyl (C=O) groups is 1. The summed E-state index contributed by atoms with van der Waals surface area (Å²) in [7, 11) is 0. The molecule has 1 aliphatic rings. The van der Waals surface area contributed by atoms with Crippen LogP contribution in [0.4, 0.5) is 5.95 Å². The van der Waals surface area contributed by atoms with Crippen LogP contribution in [-0.2, 0) is 6.54 Å². The third-order valence-electron chi connectivity index (χ3n) is 5.03. The Labute approximate surface area is 163 Å². The lowest BCUT2D eigenvalue weighted by Crippen LogP contribution is -2.44. The number of benzene rings is 1. The minimum absolute atomic E-state index is 0.0374. The monoisotopic (exact) mass is 377 g/mol. The number of carbonyl (C=O) groups excluding carboxylic acids is 1. The number of nitrogens with zero attached hydrogens (tertiary/aromatic N) is 3. The number of anilines is 1. The molecule has 3 aromatic rings. The quantitative estimate of drug-likeness (QED) is 0.710. The van der Waals surface area contributed by atoms with Crippen LogP contribution in [0.3, 0.4) is 0 Å². The fourth-order valence-electron chi connectivity index (χ4n) is 3.43. The summed E-state index contributed by atoms with van der Waals surface area (Å²) < 4.78 is 5.41. The van der Waals surface area contributed by atoms with E-state index in [4.69, 9.17) is 10.2 Å². The minimum atomic E-state index is -0.0374. The maximum Gasteiger partial charge on any atom is 0.251 e. The fourth-order valence-corrected chi connectivity index (χ4v) is 3.43. The van der Waals surface area contributed by atoms with Crippen molar-refractivity contribution in [1.29, 1.82) is 0 Å². The van der Waals surface area contributed by atoms with Crippen molar-refractivity contribution in [3.8, 4) is 11.1 Å². The number of nitrogens with one attached hydrogen (secondary N) is 1. The number of hydrogen-bond donors (Lipinski definition) is 2. The molecule has 28 heavy (non-hydrogen) atoms. The third-order valence-corrected chi connectivity index (χ3v) is 5.03. The van der Waals surface area contributed by atoms with Crippen molar-refractivity contribution < 1.29 is 9.21 Å². The van der Waals surface area contributed by atoms with Crippen molar-refractivity contribution in [3.05, 3.63) is 66.4 Å². The van der Waals surface area contributed by atoms with Crippen molar-refractivity contribution >= 4 is 11.9 Å². The molecule has 144 valence electrons. The summed E-state index contributed by atoms with van der Waals surface area (Å²) in [6.07, 6.45) is 6.93. The highest BCUT2D eigenvalue weighted by Crippen LogP contribution is 2.19. The van der Waals surface area contributed by atoms with E-state index in [0.717, 1.165) is 49.4 Å². The van der Waals surface area contributed by atoms with Crippen LogP contribution in [0.15, 0.2) is 59.5 Å². The molecule has 1 aliphatic heterocycles. The number of nitrogen functional groups attached to an aromatic ring is 1. The smallest absolute Gasteiger partial charge is 0.251 e. The topological polar surface area (TPSA) is 97.3 Å². The Morgan fingerprint density at radius 1 is 1.11 bits per heavy atom. The van der Waals surface area contributed by atoms with Crippen LogP contribution in [-0.4, -0.2) is 39.9 Å². The van der Waals surface area contributed by atoms with Crippen molar-refractivity contribution in [1.82, 2.24) is 20.2 Å².